The first-order valence-electron chi connectivity index (χ1n) is 9.18. The van der Waals surface area contributed by atoms with Crippen LogP contribution in [-0.4, -0.2) is 54.6 Å². The molecule has 1 saturated heterocycles. The molecular formula is C19H30N2O5S. The van der Waals surface area contributed by atoms with Gasteiger partial charge in [-0.15, -0.1) is 11.3 Å². The predicted octanol–water partition coefficient (Wildman–Crippen LogP) is 1.45. The van der Waals surface area contributed by atoms with E-state index in [0.29, 0.717) is 13.2 Å². The Labute approximate surface area is 164 Å². The van der Waals surface area contributed by atoms with Crippen molar-refractivity contribution < 1.29 is 24.2 Å². The van der Waals surface area contributed by atoms with Crippen LogP contribution in [0.2, 0.25) is 0 Å². The molecule has 1 aliphatic rings. The van der Waals surface area contributed by atoms with E-state index in [2.05, 4.69) is 10.6 Å². The Kier molecular flexibility index (Phi) is 7.39. The highest BCUT2D eigenvalue weighted by atomic mass is 32.1. The van der Waals surface area contributed by atoms with Gasteiger partial charge in [0.1, 0.15) is 12.2 Å². The minimum absolute atomic E-state index is 0.142. The van der Waals surface area contributed by atoms with Crippen molar-refractivity contribution in [3.63, 3.8) is 0 Å². The lowest BCUT2D eigenvalue weighted by atomic mass is 9.85. The summed E-state index contributed by atoms with van der Waals surface area (Å²) >= 11 is 1.63. The first-order chi connectivity index (χ1) is 12.6. The number of aliphatic hydroxyl groups is 1. The van der Waals surface area contributed by atoms with Gasteiger partial charge in [0.2, 0.25) is 11.8 Å². The molecule has 0 radical (unpaired) electrons. The quantitative estimate of drug-likeness (QED) is 0.616. The number of aliphatic hydroxyl groups excluding tert-OH is 1. The zero-order chi connectivity index (χ0) is 20.1. The van der Waals surface area contributed by atoms with Crippen LogP contribution < -0.4 is 10.6 Å². The van der Waals surface area contributed by atoms with Crippen LogP contribution in [-0.2, 0) is 25.5 Å². The summed E-state index contributed by atoms with van der Waals surface area (Å²) in [6, 6.07) is 3.97. The van der Waals surface area contributed by atoms with Gasteiger partial charge in [0.05, 0.1) is 6.61 Å². The summed E-state index contributed by atoms with van der Waals surface area (Å²) in [4.78, 5) is 25.6. The molecule has 7 nitrogen and oxygen atoms in total. The summed E-state index contributed by atoms with van der Waals surface area (Å²) in [5, 5.41) is 17.4. The van der Waals surface area contributed by atoms with Crippen molar-refractivity contribution >= 4 is 23.2 Å². The Morgan fingerprint density at radius 3 is 2.70 bits per heavy atom. The number of rotatable bonds is 8. The monoisotopic (exact) mass is 398 g/mol. The molecule has 2 heterocycles. The lowest BCUT2D eigenvalue weighted by molar-refractivity contribution is -0.304. The summed E-state index contributed by atoms with van der Waals surface area (Å²) in [6.45, 7) is 8.43. The van der Waals surface area contributed by atoms with Gasteiger partial charge in [-0.05, 0) is 38.1 Å². The second-order valence-electron chi connectivity index (χ2n) is 7.89. The lowest BCUT2D eigenvalue weighted by Gasteiger charge is -2.44. The number of carbonyl (C=O) groups is 2. The van der Waals surface area contributed by atoms with Gasteiger partial charge in [-0.3, -0.25) is 9.59 Å². The average molecular weight is 399 g/mol. The largest absolute Gasteiger partial charge is 0.383 e. The smallest absolute Gasteiger partial charge is 0.249 e. The van der Waals surface area contributed by atoms with Gasteiger partial charge in [0.25, 0.3) is 0 Å². The zero-order valence-corrected chi connectivity index (χ0v) is 17.2. The third-order valence-corrected chi connectivity index (χ3v) is 5.35. The Hall–Kier alpha value is -1.48. The molecule has 8 heteroatoms. The molecule has 2 atom stereocenters. The van der Waals surface area contributed by atoms with Crippen LogP contribution in [0, 0.1) is 5.41 Å². The standard InChI is InChI=1S/C19H30N2O5S/c1-18(2)12-25-19(3,4)26-15(18)17(24)21-10-8-14(22)16(23)20-9-7-13-6-5-11-27-13/h5-6,11,14-15,22H,7-10,12H2,1-4H3,(H,20,23)(H,21,24)/t14?,15-/m0/s1. The zero-order valence-electron chi connectivity index (χ0n) is 16.4. The fourth-order valence-electron chi connectivity index (χ4n) is 2.76. The molecule has 1 unspecified atom stereocenters. The Bertz CT molecular complexity index is 630. The maximum Gasteiger partial charge on any atom is 0.249 e. The Morgan fingerprint density at radius 2 is 2.04 bits per heavy atom. The molecule has 3 N–H and O–H groups in total. The van der Waals surface area contributed by atoms with E-state index in [1.807, 2.05) is 31.4 Å². The maximum absolute atomic E-state index is 12.5. The molecule has 0 aromatic carbocycles. The van der Waals surface area contributed by atoms with E-state index in [1.54, 1.807) is 25.2 Å². The van der Waals surface area contributed by atoms with E-state index in [9.17, 15) is 14.7 Å². The molecule has 1 aliphatic heterocycles. The number of amides is 2. The number of nitrogens with one attached hydrogen (secondary N) is 2. The van der Waals surface area contributed by atoms with Gasteiger partial charge in [-0.1, -0.05) is 19.9 Å². The third-order valence-electron chi connectivity index (χ3n) is 4.41. The molecule has 2 rings (SSSR count). The highest BCUT2D eigenvalue weighted by Crippen LogP contribution is 2.34. The minimum atomic E-state index is -1.16. The van der Waals surface area contributed by atoms with Crippen molar-refractivity contribution in [3.05, 3.63) is 22.4 Å². The van der Waals surface area contributed by atoms with Crippen molar-refractivity contribution in [1.29, 1.82) is 0 Å². The van der Waals surface area contributed by atoms with Gasteiger partial charge in [0, 0.05) is 23.4 Å². The van der Waals surface area contributed by atoms with E-state index in [-0.39, 0.29) is 18.9 Å². The molecule has 1 fully saturated rings. The van der Waals surface area contributed by atoms with E-state index in [4.69, 9.17) is 9.47 Å². The van der Waals surface area contributed by atoms with Crippen molar-refractivity contribution in [3.8, 4) is 0 Å². The molecule has 0 aliphatic carbocycles. The highest BCUT2D eigenvalue weighted by molar-refractivity contribution is 7.09. The third kappa shape index (κ3) is 6.57. The fraction of sp³-hybridized carbons (Fsp3) is 0.684. The molecule has 0 spiro atoms. The van der Waals surface area contributed by atoms with Gasteiger partial charge in [0.15, 0.2) is 5.79 Å². The van der Waals surface area contributed by atoms with Crippen molar-refractivity contribution in [2.75, 3.05) is 19.7 Å². The van der Waals surface area contributed by atoms with E-state index < -0.39 is 29.3 Å². The van der Waals surface area contributed by atoms with Crippen LogP contribution >= 0.6 is 11.3 Å². The topological polar surface area (TPSA) is 96.9 Å². The van der Waals surface area contributed by atoms with Gasteiger partial charge >= 0.3 is 0 Å². The Morgan fingerprint density at radius 1 is 1.30 bits per heavy atom. The van der Waals surface area contributed by atoms with Crippen molar-refractivity contribution in [2.24, 2.45) is 5.41 Å². The first kappa shape index (κ1) is 21.8. The highest BCUT2D eigenvalue weighted by Gasteiger charge is 2.45. The predicted molar refractivity (Wildman–Crippen MR) is 103 cm³/mol. The van der Waals surface area contributed by atoms with Gasteiger partial charge in [-0.25, -0.2) is 0 Å². The molecule has 1 aromatic rings. The molecular weight excluding hydrogens is 368 g/mol. The average Bonchev–Trinajstić information content (AvgIpc) is 3.10. The molecule has 0 bridgehead atoms. The summed E-state index contributed by atoms with van der Waals surface area (Å²) < 4.78 is 11.4. The van der Waals surface area contributed by atoms with Gasteiger partial charge in [-0.2, -0.15) is 0 Å². The molecule has 1 aromatic heterocycles. The molecule has 0 saturated carbocycles. The fourth-order valence-corrected chi connectivity index (χ4v) is 3.47. The van der Waals surface area contributed by atoms with Crippen LogP contribution in [0.25, 0.3) is 0 Å². The van der Waals surface area contributed by atoms with Crippen LogP contribution in [0.5, 0.6) is 0 Å². The molecule has 27 heavy (non-hydrogen) atoms. The van der Waals surface area contributed by atoms with Crippen LogP contribution in [0.1, 0.15) is 39.0 Å². The van der Waals surface area contributed by atoms with Gasteiger partial charge < -0.3 is 25.2 Å². The van der Waals surface area contributed by atoms with E-state index in [1.165, 1.54) is 4.88 Å². The molecule has 2 amide bonds. The second-order valence-corrected chi connectivity index (χ2v) is 8.92. The van der Waals surface area contributed by atoms with Crippen LogP contribution in [0.15, 0.2) is 17.5 Å². The Balaban J connectivity index is 1.70. The van der Waals surface area contributed by atoms with E-state index in [0.717, 1.165) is 6.42 Å². The number of ether oxygens (including phenoxy) is 2. The number of hydrogen-bond donors (Lipinski definition) is 3. The maximum atomic E-state index is 12.5. The summed E-state index contributed by atoms with van der Waals surface area (Å²) in [7, 11) is 0. The van der Waals surface area contributed by atoms with Crippen LogP contribution in [0.3, 0.4) is 0 Å². The summed E-state index contributed by atoms with van der Waals surface area (Å²) in [6.07, 6.45) is -0.936. The summed E-state index contributed by atoms with van der Waals surface area (Å²) in [5.41, 5.74) is -0.461. The van der Waals surface area contributed by atoms with Crippen molar-refractivity contribution in [2.45, 2.75) is 58.5 Å². The summed E-state index contributed by atoms with van der Waals surface area (Å²) in [5.74, 6) is -1.51. The number of thiophene rings is 1. The first-order valence-corrected chi connectivity index (χ1v) is 10.1. The van der Waals surface area contributed by atoms with Crippen molar-refractivity contribution in [1.82, 2.24) is 10.6 Å². The number of carbonyl (C=O) groups excluding carboxylic acids is 2. The van der Waals surface area contributed by atoms with Crippen LogP contribution in [0.4, 0.5) is 0 Å². The normalized spacial score (nSPS) is 22.0. The SMILES string of the molecule is CC1(C)OCC(C)(C)[C@H](C(=O)NCCC(O)C(=O)NCCc2cccs2)O1. The van der Waals surface area contributed by atoms with E-state index >= 15 is 0 Å². The minimum Gasteiger partial charge on any atom is -0.383 e. The second kappa shape index (κ2) is 9.14. The molecule has 152 valence electrons. The number of hydrogen-bond acceptors (Lipinski definition) is 6. The lowest BCUT2D eigenvalue weighted by Crippen LogP contribution is -2.56.